The van der Waals surface area contributed by atoms with Crippen molar-refractivity contribution < 1.29 is 23.7 Å². The van der Waals surface area contributed by atoms with E-state index in [-0.39, 0.29) is 30.9 Å². The molecule has 0 unspecified atom stereocenters. The third-order valence-corrected chi connectivity index (χ3v) is 6.17. The Morgan fingerprint density at radius 2 is 2.00 bits per heavy atom. The first kappa shape index (κ1) is 25.6. The van der Waals surface area contributed by atoms with E-state index in [1.807, 2.05) is 12.1 Å². The van der Waals surface area contributed by atoms with Crippen molar-refractivity contribution >= 4 is 5.91 Å². The highest BCUT2D eigenvalue weighted by Crippen LogP contribution is 2.41. The van der Waals surface area contributed by atoms with Gasteiger partial charge in [0.15, 0.2) is 5.60 Å². The predicted molar refractivity (Wildman–Crippen MR) is 120 cm³/mol. The van der Waals surface area contributed by atoms with Crippen LogP contribution in [0.1, 0.15) is 59.6 Å². The number of hydrogen-bond acceptors (Lipinski definition) is 6. The third-order valence-electron chi connectivity index (χ3n) is 6.17. The molecule has 1 aliphatic rings. The molecule has 7 nitrogen and oxygen atoms in total. The van der Waals surface area contributed by atoms with Crippen molar-refractivity contribution in [2.45, 2.75) is 71.9 Å². The lowest BCUT2D eigenvalue weighted by Gasteiger charge is -2.55. The molecule has 0 saturated carbocycles. The second-order valence-corrected chi connectivity index (χ2v) is 9.55. The van der Waals surface area contributed by atoms with E-state index in [1.54, 1.807) is 25.3 Å². The molecule has 0 bridgehead atoms. The maximum absolute atomic E-state index is 13.2. The van der Waals surface area contributed by atoms with Crippen molar-refractivity contribution in [1.82, 2.24) is 9.88 Å². The monoisotopic (exact) mass is 436 g/mol. The van der Waals surface area contributed by atoms with Crippen LogP contribution >= 0.6 is 0 Å². The van der Waals surface area contributed by atoms with E-state index in [9.17, 15) is 4.79 Å². The highest BCUT2D eigenvalue weighted by molar-refractivity contribution is 5.93. The summed E-state index contributed by atoms with van der Waals surface area (Å²) in [6.45, 7) is 11.9. The summed E-state index contributed by atoms with van der Waals surface area (Å²) in [6.07, 6.45) is 4.98. The van der Waals surface area contributed by atoms with Gasteiger partial charge in [-0.2, -0.15) is 0 Å². The fourth-order valence-electron chi connectivity index (χ4n) is 3.86. The number of carbonyl (C=O) groups is 1. The van der Waals surface area contributed by atoms with Crippen molar-refractivity contribution in [3.63, 3.8) is 0 Å². The van der Waals surface area contributed by atoms with E-state index in [0.29, 0.717) is 18.9 Å². The zero-order valence-electron chi connectivity index (χ0n) is 20.3. The second kappa shape index (κ2) is 11.2. The summed E-state index contributed by atoms with van der Waals surface area (Å²) in [5, 5.41) is 0. The van der Waals surface area contributed by atoms with E-state index in [4.69, 9.17) is 18.9 Å². The highest BCUT2D eigenvalue weighted by atomic mass is 16.7. The number of likely N-dealkylation sites (tertiary alicyclic amines) is 1. The number of ether oxygens (including phenoxy) is 4. The van der Waals surface area contributed by atoms with Gasteiger partial charge in [0.25, 0.3) is 5.91 Å². The average Bonchev–Trinajstić information content (AvgIpc) is 2.73. The van der Waals surface area contributed by atoms with Gasteiger partial charge >= 0.3 is 0 Å². The van der Waals surface area contributed by atoms with Gasteiger partial charge in [0.1, 0.15) is 19.3 Å². The van der Waals surface area contributed by atoms with Gasteiger partial charge in [0.2, 0.25) is 0 Å². The minimum Gasteiger partial charge on any atom is -0.493 e. The van der Waals surface area contributed by atoms with Crippen LogP contribution in [0.2, 0.25) is 0 Å². The van der Waals surface area contributed by atoms with E-state index in [2.05, 4.69) is 39.6 Å². The molecule has 0 spiro atoms. The van der Waals surface area contributed by atoms with Crippen LogP contribution in [0.3, 0.4) is 0 Å². The van der Waals surface area contributed by atoms with Crippen LogP contribution in [0.15, 0.2) is 18.3 Å². The molecule has 0 aromatic carbocycles. The lowest BCUT2D eigenvalue weighted by molar-refractivity contribution is -0.235. The Labute approximate surface area is 187 Å². The largest absolute Gasteiger partial charge is 0.493 e. The van der Waals surface area contributed by atoms with Gasteiger partial charge in [-0.15, -0.1) is 0 Å². The molecule has 1 aliphatic heterocycles. The number of hydrogen-bond donors (Lipinski definition) is 0. The summed E-state index contributed by atoms with van der Waals surface area (Å²) in [7, 11) is 3.16. The number of methoxy groups -OCH3 is 2. The highest BCUT2D eigenvalue weighted by Gasteiger charge is 2.62. The zero-order chi connectivity index (χ0) is 23.1. The van der Waals surface area contributed by atoms with Crippen molar-refractivity contribution in [3.8, 4) is 5.75 Å². The van der Waals surface area contributed by atoms with Crippen molar-refractivity contribution in [3.05, 3.63) is 24.0 Å². The van der Waals surface area contributed by atoms with Crippen LogP contribution in [0.25, 0.3) is 0 Å². The number of amides is 1. The minimum absolute atomic E-state index is 0.0451. The van der Waals surface area contributed by atoms with Gasteiger partial charge in [0, 0.05) is 38.6 Å². The Hall–Kier alpha value is -1.70. The molecule has 7 heteroatoms. The molecule has 176 valence electrons. The van der Waals surface area contributed by atoms with Gasteiger partial charge < -0.3 is 23.8 Å². The average molecular weight is 437 g/mol. The lowest BCUT2D eigenvalue weighted by Crippen LogP contribution is -2.76. The second-order valence-electron chi connectivity index (χ2n) is 9.55. The van der Waals surface area contributed by atoms with Crippen molar-refractivity contribution in [2.75, 3.05) is 34.4 Å². The molecule has 1 fully saturated rings. The summed E-state index contributed by atoms with van der Waals surface area (Å²) in [6, 6.07) is 3.67. The maximum atomic E-state index is 13.2. The van der Waals surface area contributed by atoms with Crippen molar-refractivity contribution in [2.24, 2.45) is 11.3 Å². The Bertz CT molecular complexity index is 709. The number of pyridine rings is 1. The molecule has 2 rings (SSSR count). The molecule has 31 heavy (non-hydrogen) atoms. The summed E-state index contributed by atoms with van der Waals surface area (Å²) in [5.41, 5.74) is 0.0120. The summed E-state index contributed by atoms with van der Waals surface area (Å²) in [4.78, 5) is 19.4. The van der Waals surface area contributed by atoms with Crippen LogP contribution in [-0.4, -0.2) is 61.8 Å². The van der Waals surface area contributed by atoms with Crippen LogP contribution in [0.5, 0.6) is 5.75 Å². The molecule has 1 saturated heterocycles. The third kappa shape index (κ3) is 6.40. The first-order valence-electron chi connectivity index (χ1n) is 11.2. The first-order chi connectivity index (χ1) is 14.7. The van der Waals surface area contributed by atoms with Gasteiger partial charge in [-0.3, -0.25) is 9.78 Å². The number of aromatic nitrogens is 1. The van der Waals surface area contributed by atoms with Crippen LogP contribution in [0, 0.1) is 11.3 Å². The van der Waals surface area contributed by atoms with Gasteiger partial charge in [0.05, 0.1) is 12.6 Å². The first-order valence-corrected chi connectivity index (χ1v) is 11.2. The molecule has 1 aromatic rings. The lowest BCUT2D eigenvalue weighted by atomic mass is 9.75. The normalized spacial score (nSPS) is 21.5. The van der Waals surface area contributed by atoms with Gasteiger partial charge in [-0.1, -0.05) is 41.0 Å². The quantitative estimate of drug-likeness (QED) is 0.324. The molecule has 0 aliphatic carbocycles. The molecular formula is C24H40N2O5. The van der Waals surface area contributed by atoms with Crippen molar-refractivity contribution in [1.29, 1.82) is 0 Å². The fourth-order valence-corrected chi connectivity index (χ4v) is 3.86. The fraction of sp³-hybridized carbons (Fsp3) is 0.750. The SMILES string of the molecule is CCC(C)(C)CCOc1ccnc(C[C@]2(OCOC)C(=O)N(COC)[C@H]2CC(C)C)c1. The number of carbonyl (C=O) groups excluding carboxylic acids is 1. The molecule has 1 aromatic heterocycles. The van der Waals surface area contributed by atoms with E-state index in [1.165, 1.54) is 0 Å². The van der Waals surface area contributed by atoms with E-state index in [0.717, 1.165) is 30.7 Å². The Morgan fingerprint density at radius 1 is 1.26 bits per heavy atom. The molecule has 2 atom stereocenters. The molecule has 1 amide bonds. The molecular weight excluding hydrogens is 396 g/mol. The number of nitrogens with zero attached hydrogens (tertiary/aromatic N) is 2. The molecule has 0 radical (unpaired) electrons. The molecule has 2 heterocycles. The van der Waals surface area contributed by atoms with Crippen LogP contribution in [0.4, 0.5) is 0 Å². The number of β-lactam (4-membered cyclic amide) rings is 1. The molecule has 0 N–H and O–H groups in total. The Kier molecular flexibility index (Phi) is 9.28. The van der Waals surface area contributed by atoms with Crippen LogP contribution < -0.4 is 4.74 Å². The minimum atomic E-state index is -1.01. The zero-order valence-corrected chi connectivity index (χ0v) is 20.3. The van der Waals surface area contributed by atoms with Gasteiger partial charge in [-0.25, -0.2) is 0 Å². The standard InChI is InChI=1S/C24H40N2O5/c1-8-23(4,5)10-12-30-20-9-11-25-19(14-20)15-24(31-17-29-7)21(13-18(2)3)26(16-28-6)22(24)27/h9,11,14,18,21H,8,10,12-13,15-17H2,1-7H3/t21-,24+/m0/s1. The van der Waals surface area contributed by atoms with Gasteiger partial charge in [-0.05, 0) is 30.2 Å². The Balaban J connectivity index is 2.19. The van der Waals surface area contributed by atoms with E-state index >= 15 is 0 Å². The predicted octanol–water partition coefficient (Wildman–Crippen LogP) is 4.05. The van der Waals surface area contributed by atoms with E-state index < -0.39 is 5.60 Å². The summed E-state index contributed by atoms with van der Waals surface area (Å²) < 4.78 is 22.5. The smallest absolute Gasteiger partial charge is 0.259 e. The Morgan fingerprint density at radius 3 is 2.61 bits per heavy atom. The maximum Gasteiger partial charge on any atom is 0.259 e. The topological polar surface area (TPSA) is 70.1 Å². The summed E-state index contributed by atoms with van der Waals surface area (Å²) >= 11 is 0. The van der Waals surface area contributed by atoms with Crippen LogP contribution in [-0.2, 0) is 25.4 Å². The number of rotatable bonds is 14. The summed E-state index contributed by atoms with van der Waals surface area (Å²) in [5.74, 6) is 1.07.